The second kappa shape index (κ2) is 7.55. The van der Waals surface area contributed by atoms with Crippen LogP contribution in [-0.2, 0) is 21.7 Å². The number of rotatable bonds is 4. The molecule has 4 rings (SSSR count). The number of piperidine rings is 1. The molecule has 0 aliphatic carbocycles. The summed E-state index contributed by atoms with van der Waals surface area (Å²) in [6.45, 7) is 2.05. The van der Waals surface area contributed by atoms with E-state index >= 15 is 0 Å². The van der Waals surface area contributed by atoms with Crippen LogP contribution in [0.15, 0.2) is 60.7 Å². The molecule has 1 atom stereocenters. The minimum Gasteiger partial charge on any atom is -0.340 e. The zero-order valence-corrected chi connectivity index (χ0v) is 15.6. The molecule has 0 saturated carbocycles. The van der Waals surface area contributed by atoms with Crippen LogP contribution in [0.25, 0.3) is 0 Å². The summed E-state index contributed by atoms with van der Waals surface area (Å²) in [6.07, 6.45) is 4.24. The standard InChI is InChI=1S/C23H26N2O2/c26-21-14-15-23(20-12-6-2-7-13-20,22(27)24-16-8-3-9-17-24)25(21)18-19-10-4-1-5-11-19/h1-2,4-7,10-13H,3,8-9,14-18H2. The number of likely N-dealkylation sites (tertiary alicyclic amines) is 2. The first-order valence-electron chi connectivity index (χ1n) is 9.91. The molecule has 27 heavy (non-hydrogen) atoms. The van der Waals surface area contributed by atoms with E-state index in [-0.39, 0.29) is 11.8 Å². The lowest BCUT2D eigenvalue weighted by Gasteiger charge is -2.42. The van der Waals surface area contributed by atoms with E-state index in [0.717, 1.165) is 37.1 Å². The Morgan fingerprint density at radius 2 is 1.52 bits per heavy atom. The van der Waals surface area contributed by atoms with Gasteiger partial charge in [0.15, 0.2) is 0 Å². The summed E-state index contributed by atoms with van der Waals surface area (Å²) in [5, 5.41) is 0. The highest BCUT2D eigenvalue weighted by Crippen LogP contribution is 2.42. The molecule has 2 fully saturated rings. The van der Waals surface area contributed by atoms with Gasteiger partial charge in [0.25, 0.3) is 5.91 Å². The average molecular weight is 362 g/mol. The number of benzene rings is 2. The summed E-state index contributed by atoms with van der Waals surface area (Å²) in [6, 6.07) is 19.9. The number of hydrogen-bond acceptors (Lipinski definition) is 2. The van der Waals surface area contributed by atoms with Gasteiger partial charge < -0.3 is 9.80 Å². The van der Waals surface area contributed by atoms with Crippen LogP contribution in [0.4, 0.5) is 0 Å². The van der Waals surface area contributed by atoms with Gasteiger partial charge in [0.1, 0.15) is 5.54 Å². The first-order chi connectivity index (χ1) is 13.2. The Kier molecular flexibility index (Phi) is 4.97. The molecule has 0 spiro atoms. The lowest BCUT2D eigenvalue weighted by molar-refractivity contribution is -0.151. The number of carbonyl (C=O) groups is 2. The molecule has 2 saturated heterocycles. The Balaban J connectivity index is 1.76. The van der Waals surface area contributed by atoms with Crippen molar-refractivity contribution in [3.05, 3.63) is 71.8 Å². The summed E-state index contributed by atoms with van der Waals surface area (Å²) in [7, 11) is 0. The van der Waals surface area contributed by atoms with Crippen LogP contribution in [-0.4, -0.2) is 34.7 Å². The Morgan fingerprint density at radius 3 is 2.19 bits per heavy atom. The van der Waals surface area contributed by atoms with Crippen molar-refractivity contribution in [3.63, 3.8) is 0 Å². The topological polar surface area (TPSA) is 40.6 Å². The van der Waals surface area contributed by atoms with Crippen LogP contribution in [0.3, 0.4) is 0 Å². The van der Waals surface area contributed by atoms with E-state index in [1.165, 1.54) is 6.42 Å². The van der Waals surface area contributed by atoms with E-state index in [4.69, 9.17) is 0 Å². The average Bonchev–Trinajstić information content (AvgIpc) is 3.07. The third-order valence-electron chi connectivity index (χ3n) is 5.89. The lowest BCUT2D eigenvalue weighted by Crippen LogP contribution is -2.56. The summed E-state index contributed by atoms with van der Waals surface area (Å²) in [5.41, 5.74) is 1.10. The van der Waals surface area contributed by atoms with E-state index in [0.29, 0.717) is 19.4 Å². The smallest absolute Gasteiger partial charge is 0.253 e. The van der Waals surface area contributed by atoms with Crippen LogP contribution in [0.1, 0.15) is 43.2 Å². The van der Waals surface area contributed by atoms with Gasteiger partial charge in [-0.2, -0.15) is 0 Å². The van der Waals surface area contributed by atoms with E-state index in [2.05, 4.69) is 0 Å². The molecular weight excluding hydrogens is 336 g/mol. The third-order valence-corrected chi connectivity index (χ3v) is 5.89. The largest absolute Gasteiger partial charge is 0.340 e. The van der Waals surface area contributed by atoms with Crippen LogP contribution in [0.2, 0.25) is 0 Å². The van der Waals surface area contributed by atoms with Gasteiger partial charge in [-0.25, -0.2) is 0 Å². The monoisotopic (exact) mass is 362 g/mol. The summed E-state index contributed by atoms with van der Waals surface area (Å²) in [4.78, 5) is 30.5. The molecule has 0 bridgehead atoms. The van der Waals surface area contributed by atoms with E-state index < -0.39 is 5.54 Å². The van der Waals surface area contributed by atoms with Crippen LogP contribution in [0.5, 0.6) is 0 Å². The first kappa shape index (κ1) is 17.8. The summed E-state index contributed by atoms with van der Waals surface area (Å²) < 4.78 is 0. The Labute approximate surface area is 160 Å². The van der Waals surface area contributed by atoms with Crippen molar-refractivity contribution in [3.8, 4) is 0 Å². The van der Waals surface area contributed by atoms with Gasteiger partial charge in [0.2, 0.25) is 5.91 Å². The number of nitrogens with zero attached hydrogens (tertiary/aromatic N) is 2. The second-order valence-corrected chi connectivity index (χ2v) is 7.54. The predicted molar refractivity (Wildman–Crippen MR) is 105 cm³/mol. The van der Waals surface area contributed by atoms with E-state index in [1.807, 2.05) is 70.5 Å². The molecule has 140 valence electrons. The number of amides is 2. The molecule has 2 aliphatic heterocycles. The molecule has 2 aromatic rings. The molecule has 0 aromatic heterocycles. The van der Waals surface area contributed by atoms with Gasteiger partial charge in [0, 0.05) is 26.1 Å². The van der Waals surface area contributed by atoms with Crippen LogP contribution < -0.4 is 0 Å². The highest BCUT2D eigenvalue weighted by Gasteiger charge is 2.53. The Hall–Kier alpha value is -2.62. The van der Waals surface area contributed by atoms with Gasteiger partial charge in [0.05, 0.1) is 0 Å². The minimum absolute atomic E-state index is 0.0630. The SMILES string of the molecule is O=C1CCC(C(=O)N2CCCCC2)(c2ccccc2)N1Cc1ccccc1. The summed E-state index contributed by atoms with van der Waals surface area (Å²) in [5.74, 6) is 0.156. The normalized spacial score (nSPS) is 22.9. The molecule has 2 aromatic carbocycles. The Bertz CT molecular complexity index is 800. The van der Waals surface area contributed by atoms with E-state index in [1.54, 1.807) is 0 Å². The maximum atomic E-state index is 13.8. The van der Waals surface area contributed by atoms with Gasteiger partial charge in [-0.15, -0.1) is 0 Å². The Morgan fingerprint density at radius 1 is 0.889 bits per heavy atom. The van der Waals surface area contributed by atoms with Gasteiger partial charge in [-0.05, 0) is 36.8 Å². The highest BCUT2D eigenvalue weighted by molar-refractivity contribution is 5.95. The molecule has 4 heteroatoms. The van der Waals surface area contributed by atoms with Crippen molar-refractivity contribution in [2.45, 2.75) is 44.2 Å². The zero-order chi connectivity index (χ0) is 18.7. The van der Waals surface area contributed by atoms with Crippen molar-refractivity contribution in [2.24, 2.45) is 0 Å². The van der Waals surface area contributed by atoms with Crippen molar-refractivity contribution in [2.75, 3.05) is 13.1 Å². The van der Waals surface area contributed by atoms with Crippen LogP contribution >= 0.6 is 0 Å². The fourth-order valence-corrected chi connectivity index (χ4v) is 4.48. The second-order valence-electron chi connectivity index (χ2n) is 7.54. The maximum absolute atomic E-state index is 13.8. The molecule has 2 aliphatic rings. The van der Waals surface area contributed by atoms with Gasteiger partial charge >= 0.3 is 0 Å². The molecule has 0 N–H and O–H groups in total. The molecule has 2 amide bonds. The molecule has 0 radical (unpaired) electrons. The third kappa shape index (κ3) is 3.25. The minimum atomic E-state index is -0.883. The fraction of sp³-hybridized carbons (Fsp3) is 0.391. The fourth-order valence-electron chi connectivity index (χ4n) is 4.48. The van der Waals surface area contributed by atoms with Gasteiger partial charge in [-0.1, -0.05) is 60.7 Å². The van der Waals surface area contributed by atoms with Crippen molar-refractivity contribution in [1.82, 2.24) is 9.80 Å². The predicted octanol–water partition coefficient (Wildman–Crippen LogP) is 3.72. The lowest BCUT2D eigenvalue weighted by atomic mass is 9.84. The van der Waals surface area contributed by atoms with Crippen molar-refractivity contribution < 1.29 is 9.59 Å². The van der Waals surface area contributed by atoms with Gasteiger partial charge in [-0.3, -0.25) is 9.59 Å². The number of hydrogen-bond donors (Lipinski definition) is 0. The molecule has 1 unspecified atom stereocenters. The molecule has 2 heterocycles. The highest BCUT2D eigenvalue weighted by atomic mass is 16.2. The zero-order valence-electron chi connectivity index (χ0n) is 15.6. The van der Waals surface area contributed by atoms with Crippen LogP contribution in [0, 0.1) is 0 Å². The quantitative estimate of drug-likeness (QED) is 0.832. The molecular formula is C23H26N2O2. The van der Waals surface area contributed by atoms with Crippen molar-refractivity contribution >= 4 is 11.8 Å². The van der Waals surface area contributed by atoms with E-state index in [9.17, 15) is 9.59 Å². The number of carbonyl (C=O) groups excluding carboxylic acids is 2. The van der Waals surface area contributed by atoms with Crippen molar-refractivity contribution in [1.29, 1.82) is 0 Å². The first-order valence-corrected chi connectivity index (χ1v) is 9.91. The molecule has 4 nitrogen and oxygen atoms in total. The summed E-state index contributed by atoms with van der Waals surface area (Å²) >= 11 is 0. The maximum Gasteiger partial charge on any atom is 0.253 e.